The second-order valence-corrected chi connectivity index (χ2v) is 4.85. The van der Waals surface area contributed by atoms with Gasteiger partial charge >= 0.3 is 0 Å². The van der Waals surface area contributed by atoms with E-state index in [1.165, 1.54) is 0 Å². The highest BCUT2D eigenvalue weighted by molar-refractivity contribution is 7.91. The molecule has 0 unspecified atom stereocenters. The van der Waals surface area contributed by atoms with E-state index in [1.54, 1.807) is 6.07 Å². The van der Waals surface area contributed by atoms with Crippen LogP contribution in [0.4, 0.5) is 0 Å². The number of sulfone groups is 1. The van der Waals surface area contributed by atoms with E-state index in [4.69, 9.17) is 10.00 Å². The van der Waals surface area contributed by atoms with Gasteiger partial charge in [-0.05, 0) is 13.8 Å². The van der Waals surface area contributed by atoms with Crippen molar-refractivity contribution in [1.82, 2.24) is 0 Å². The molecule has 0 N–H and O–H groups in total. The molecule has 0 aromatic heterocycles. The summed E-state index contributed by atoms with van der Waals surface area (Å²) in [6, 6.07) is 1.60. The van der Waals surface area contributed by atoms with E-state index in [2.05, 4.69) is 0 Å². The third-order valence-corrected chi connectivity index (χ3v) is 2.49. The van der Waals surface area contributed by atoms with Gasteiger partial charge in [0.1, 0.15) is 5.75 Å². The van der Waals surface area contributed by atoms with E-state index in [9.17, 15) is 8.42 Å². The lowest BCUT2D eigenvalue weighted by Crippen LogP contribution is -2.16. The van der Waals surface area contributed by atoms with Gasteiger partial charge < -0.3 is 4.74 Å². The first-order valence-corrected chi connectivity index (χ1v) is 5.49. The summed E-state index contributed by atoms with van der Waals surface area (Å²) in [5.74, 6) is -0.493. The molecule has 0 saturated heterocycles. The van der Waals surface area contributed by atoms with Crippen LogP contribution in [0.25, 0.3) is 0 Å². The molecule has 0 spiro atoms. The van der Waals surface area contributed by atoms with E-state index in [1.807, 2.05) is 13.8 Å². The minimum atomic E-state index is -3.21. The number of nitrogens with zero attached hydrogens (tertiary/aromatic N) is 1. The van der Waals surface area contributed by atoms with Crippen molar-refractivity contribution < 1.29 is 13.2 Å². The summed E-state index contributed by atoms with van der Waals surface area (Å²) in [5, 5.41) is 8.14. The molecule has 0 fully saturated rings. The Morgan fingerprint density at radius 2 is 2.08 bits per heavy atom. The van der Waals surface area contributed by atoms with Crippen LogP contribution in [0, 0.1) is 11.3 Å². The van der Waals surface area contributed by atoms with E-state index in [0.717, 1.165) is 0 Å². The van der Waals surface area contributed by atoms with Crippen LogP contribution in [0.1, 0.15) is 13.8 Å². The second kappa shape index (κ2) is 5.12. The third-order valence-electron chi connectivity index (χ3n) is 1.13. The third kappa shape index (κ3) is 6.13. The number of hydrogen-bond donors (Lipinski definition) is 0. The van der Waals surface area contributed by atoms with Crippen LogP contribution in [0.15, 0.2) is 0 Å². The Bertz CT molecular complexity index is 250. The fraction of sp³-hybridized carbons (Fsp3) is 0.857. The van der Waals surface area contributed by atoms with Crippen molar-refractivity contribution in [3.63, 3.8) is 0 Å². The molecular weight excluding hydrogens is 178 g/mol. The monoisotopic (exact) mass is 191 g/mol. The maximum absolute atomic E-state index is 10.9. The zero-order valence-electron chi connectivity index (χ0n) is 7.28. The normalized spacial score (nSPS) is 11.5. The van der Waals surface area contributed by atoms with E-state index >= 15 is 0 Å². The molecule has 0 amide bonds. The van der Waals surface area contributed by atoms with Crippen LogP contribution < -0.4 is 0 Å². The number of hydrogen-bond acceptors (Lipinski definition) is 4. The summed E-state index contributed by atoms with van der Waals surface area (Å²) in [4.78, 5) is 0. The Morgan fingerprint density at radius 3 is 2.50 bits per heavy atom. The molecule has 0 saturated carbocycles. The molecule has 0 radical (unpaired) electrons. The predicted molar refractivity (Wildman–Crippen MR) is 45.4 cm³/mol. The van der Waals surface area contributed by atoms with Crippen LogP contribution in [-0.4, -0.2) is 32.6 Å². The maximum atomic E-state index is 10.9. The van der Waals surface area contributed by atoms with Crippen molar-refractivity contribution in [1.29, 1.82) is 5.26 Å². The quantitative estimate of drug-likeness (QED) is 0.629. The lowest BCUT2D eigenvalue weighted by molar-refractivity contribution is 0.0913. The van der Waals surface area contributed by atoms with Gasteiger partial charge in [0.05, 0.1) is 24.5 Å². The molecule has 0 aliphatic carbocycles. The Morgan fingerprint density at radius 1 is 1.50 bits per heavy atom. The van der Waals surface area contributed by atoms with Gasteiger partial charge in [0.25, 0.3) is 0 Å². The largest absolute Gasteiger partial charge is 0.378 e. The van der Waals surface area contributed by atoms with Crippen molar-refractivity contribution in [2.45, 2.75) is 20.0 Å². The number of nitriles is 1. The zero-order valence-corrected chi connectivity index (χ0v) is 8.10. The Kier molecular flexibility index (Phi) is 4.86. The summed E-state index contributed by atoms with van der Waals surface area (Å²) < 4.78 is 26.9. The first kappa shape index (κ1) is 11.4. The van der Waals surface area contributed by atoms with Crippen molar-refractivity contribution in [2.75, 3.05) is 18.1 Å². The SMILES string of the molecule is CC(C)OCCS(=O)(=O)CC#N. The minimum Gasteiger partial charge on any atom is -0.378 e. The van der Waals surface area contributed by atoms with Crippen LogP contribution in [-0.2, 0) is 14.6 Å². The molecule has 0 aliphatic heterocycles. The Balaban J connectivity index is 3.72. The molecule has 0 aromatic carbocycles. The maximum Gasteiger partial charge on any atom is 0.165 e. The Labute approximate surface area is 73.1 Å². The number of rotatable bonds is 5. The standard InChI is InChI=1S/C7H13NO3S/c1-7(2)11-4-6-12(9,10)5-3-8/h7H,4-6H2,1-2H3. The van der Waals surface area contributed by atoms with Crippen LogP contribution in [0.5, 0.6) is 0 Å². The molecule has 70 valence electrons. The fourth-order valence-corrected chi connectivity index (χ4v) is 1.27. The molecule has 4 nitrogen and oxygen atoms in total. The smallest absolute Gasteiger partial charge is 0.165 e. The van der Waals surface area contributed by atoms with Gasteiger partial charge in [0.15, 0.2) is 9.84 Å². The van der Waals surface area contributed by atoms with Crippen molar-refractivity contribution >= 4 is 9.84 Å². The summed E-state index contributed by atoms with van der Waals surface area (Å²) in [5.41, 5.74) is 0. The lowest BCUT2D eigenvalue weighted by atomic mass is 10.5. The molecule has 0 aromatic rings. The predicted octanol–water partition coefficient (Wildman–Crippen LogP) is 0.350. The van der Waals surface area contributed by atoms with Gasteiger partial charge in [-0.3, -0.25) is 0 Å². The highest BCUT2D eigenvalue weighted by atomic mass is 32.2. The van der Waals surface area contributed by atoms with E-state index in [0.29, 0.717) is 0 Å². The van der Waals surface area contributed by atoms with Gasteiger partial charge in [-0.2, -0.15) is 5.26 Å². The average Bonchev–Trinajstić information content (AvgIpc) is 1.85. The summed E-state index contributed by atoms with van der Waals surface area (Å²) in [6.07, 6.45) is 0.0299. The molecular formula is C7H13NO3S. The molecule has 5 heteroatoms. The first-order chi connectivity index (χ1) is 5.48. The molecule has 0 bridgehead atoms. The summed E-state index contributed by atoms with van der Waals surface area (Å²) in [6.45, 7) is 3.83. The van der Waals surface area contributed by atoms with Gasteiger partial charge in [-0.25, -0.2) is 8.42 Å². The van der Waals surface area contributed by atoms with E-state index in [-0.39, 0.29) is 18.5 Å². The number of ether oxygens (including phenoxy) is 1. The van der Waals surface area contributed by atoms with E-state index < -0.39 is 15.6 Å². The highest BCUT2D eigenvalue weighted by Gasteiger charge is 2.09. The van der Waals surface area contributed by atoms with Crippen molar-refractivity contribution in [3.8, 4) is 6.07 Å². The van der Waals surface area contributed by atoms with Crippen LogP contribution in [0.3, 0.4) is 0 Å². The van der Waals surface area contributed by atoms with Gasteiger partial charge in [0.2, 0.25) is 0 Å². The van der Waals surface area contributed by atoms with Gasteiger partial charge in [-0.1, -0.05) is 0 Å². The van der Waals surface area contributed by atoms with Gasteiger partial charge in [0, 0.05) is 0 Å². The second-order valence-electron chi connectivity index (χ2n) is 2.67. The summed E-state index contributed by atoms with van der Waals surface area (Å²) in [7, 11) is -3.21. The molecule has 0 atom stereocenters. The van der Waals surface area contributed by atoms with Crippen LogP contribution >= 0.6 is 0 Å². The zero-order chi connectivity index (χ0) is 9.61. The lowest BCUT2D eigenvalue weighted by Gasteiger charge is -2.05. The van der Waals surface area contributed by atoms with Crippen molar-refractivity contribution in [2.24, 2.45) is 0 Å². The van der Waals surface area contributed by atoms with Crippen LogP contribution in [0.2, 0.25) is 0 Å². The molecule has 0 rings (SSSR count). The average molecular weight is 191 g/mol. The highest BCUT2D eigenvalue weighted by Crippen LogP contribution is 1.92. The molecule has 0 aliphatic rings. The molecule has 0 heterocycles. The fourth-order valence-electron chi connectivity index (χ4n) is 0.581. The Hall–Kier alpha value is -0.600. The first-order valence-electron chi connectivity index (χ1n) is 3.67. The minimum absolute atomic E-state index is 0.0299. The van der Waals surface area contributed by atoms with Gasteiger partial charge in [-0.15, -0.1) is 0 Å². The van der Waals surface area contributed by atoms with Crippen molar-refractivity contribution in [3.05, 3.63) is 0 Å². The molecule has 12 heavy (non-hydrogen) atoms. The topological polar surface area (TPSA) is 67.2 Å². The summed E-state index contributed by atoms with van der Waals surface area (Å²) >= 11 is 0.